The number of fused-ring (bicyclic) bond motifs is 1. The van der Waals surface area contributed by atoms with Gasteiger partial charge in [-0.3, -0.25) is 4.98 Å². The normalized spacial score (nSPS) is 11.7. The molecule has 0 saturated carbocycles. The maximum atomic E-state index is 5.83. The van der Waals surface area contributed by atoms with Crippen LogP contribution >= 0.6 is 0 Å². The first-order chi connectivity index (χ1) is 12.9. The average molecular weight is 386 g/mol. The standard InChI is InChI=1S/C20H27N3O3Si/c1-24-19-7-6-15(10-20(19)25-2)16-11-17-18(12-21-16)23(13-22-17)14-26-8-9-27(3,4)5/h6-7,10-13H,8-9,14H2,1-5H3. The van der Waals surface area contributed by atoms with E-state index in [4.69, 9.17) is 14.2 Å². The number of rotatable bonds is 8. The second kappa shape index (κ2) is 8.10. The summed E-state index contributed by atoms with van der Waals surface area (Å²) in [5.74, 6) is 1.38. The van der Waals surface area contributed by atoms with Crippen LogP contribution in [0.4, 0.5) is 0 Å². The highest BCUT2D eigenvalue weighted by atomic mass is 28.3. The van der Waals surface area contributed by atoms with Crippen molar-refractivity contribution in [2.75, 3.05) is 20.8 Å². The maximum absolute atomic E-state index is 5.83. The first kappa shape index (κ1) is 19.4. The second-order valence-corrected chi connectivity index (χ2v) is 13.3. The zero-order valence-electron chi connectivity index (χ0n) is 16.7. The third kappa shape index (κ3) is 4.67. The van der Waals surface area contributed by atoms with Gasteiger partial charge in [0, 0.05) is 20.2 Å². The van der Waals surface area contributed by atoms with E-state index in [9.17, 15) is 0 Å². The Morgan fingerprint density at radius 1 is 1.00 bits per heavy atom. The summed E-state index contributed by atoms with van der Waals surface area (Å²) in [6, 6.07) is 8.90. The molecule has 0 bridgehead atoms. The minimum absolute atomic E-state index is 0.498. The zero-order valence-corrected chi connectivity index (χ0v) is 17.7. The number of ether oxygens (including phenoxy) is 3. The summed E-state index contributed by atoms with van der Waals surface area (Å²) < 4.78 is 18.5. The summed E-state index contributed by atoms with van der Waals surface area (Å²) >= 11 is 0. The SMILES string of the molecule is COc1ccc(-c2cc3ncn(COCC[Si](C)(C)C)c3cn2)cc1OC. The first-order valence-corrected chi connectivity index (χ1v) is 12.7. The minimum Gasteiger partial charge on any atom is -0.493 e. The topological polar surface area (TPSA) is 58.4 Å². The Balaban J connectivity index is 1.77. The van der Waals surface area contributed by atoms with Crippen LogP contribution < -0.4 is 9.47 Å². The Hall–Kier alpha value is -2.38. The third-order valence-corrected chi connectivity index (χ3v) is 6.12. The van der Waals surface area contributed by atoms with Crippen LogP contribution in [-0.4, -0.2) is 43.4 Å². The van der Waals surface area contributed by atoms with E-state index >= 15 is 0 Å². The summed E-state index contributed by atoms with van der Waals surface area (Å²) in [6.45, 7) is 8.33. The Labute approximate surface area is 161 Å². The molecule has 3 aromatic rings. The van der Waals surface area contributed by atoms with E-state index < -0.39 is 8.07 Å². The molecule has 27 heavy (non-hydrogen) atoms. The fourth-order valence-electron chi connectivity index (χ4n) is 2.75. The number of hydrogen-bond acceptors (Lipinski definition) is 5. The van der Waals surface area contributed by atoms with Crippen molar-refractivity contribution >= 4 is 19.1 Å². The maximum Gasteiger partial charge on any atom is 0.161 e. The molecule has 6 nitrogen and oxygen atoms in total. The van der Waals surface area contributed by atoms with Crippen LogP contribution in [0.25, 0.3) is 22.3 Å². The molecule has 0 N–H and O–H groups in total. The highest BCUT2D eigenvalue weighted by Gasteiger charge is 2.13. The van der Waals surface area contributed by atoms with Gasteiger partial charge in [-0.1, -0.05) is 19.6 Å². The lowest BCUT2D eigenvalue weighted by Crippen LogP contribution is -2.21. The fourth-order valence-corrected chi connectivity index (χ4v) is 3.51. The number of methoxy groups -OCH3 is 2. The summed E-state index contributed by atoms with van der Waals surface area (Å²) in [7, 11) is 2.18. The molecule has 144 valence electrons. The van der Waals surface area contributed by atoms with Crippen molar-refractivity contribution in [2.24, 2.45) is 0 Å². The summed E-state index contributed by atoms with van der Waals surface area (Å²) in [5, 5.41) is 0. The lowest BCUT2D eigenvalue weighted by atomic mass is 10.1. The van der Waals surface area contributed by atoms with Gasteiger partial charge >= 0.3 is 0 Å². The molecule has 0 saturated heterocycles. The third-order valence-electron chi connectivity index (χ3n) is 4.41. The van der Waals surface area contributed by atoms with E-state index in [0.717, 1.165) is 34.9 Å². The number of aromatic nitrogens is 3. The van der Waals surface area contributed by atoms with Gasteiger partial charge in [0.05, 0.1) is 43.5 Å². The molecule has 0 atom stereocenters. The van der Waals surface area contributed by atoms with E-state index in [0.29, 0.717) is 18.2 Å². The number of nitrogens with zero attached hydrogens (tertiary/aromatic N) is 3. The van der Waals surface area contributed by atoms with Gasteiger partial charge in [-0.15, -0.1) is 0 Å². The molecule has 0 fully saturated rings. The molecule has 7 heteroatoms. The Kier molecular flexibility index (Phi) is 5.81. The van der Waals surface area contributed by atoms with Gasteiger partial charge in [0.1, 0.15) is 6.73 Å². The summed E-state index contributed by atoms with van der Waals surface area (Å²) in [5.41, 5.74) is 3.65. The van der Waals surface area contributed by atoms with Crippen molar-refractivity contribution in [1.82, 2.24) is 14.5 Å². The van der Waals surface area contributed by atoms with Crippen LogP contribution in [-0.2, 0) is 11.5 Å². The van der Waals surface area contributed by atoms with Crippen molar-refractivity contribution in [3.05, 3.63) is 36.8 Å². The Morgan fingerprint density at radius 3 is 2.48 bits per heavy atom. The molecule has 2 aromatic heterocycles. The van der Waals surface area contributed by atoms with Crippen LogP contribution in [0.15, 0.2) is 36.8 Å². The first-order valence-electron chi connectivity index (χ1n) is 9.02. The summed E-state index contributed by atoms with van der Waals surface area (Å²) in [4.78, 5) is 9.11. The van der Waals surface area contributed by atoms with E-state index in [1.165, 1.54) is 0 Å². The highest BCUT2D eigenvalue weighted by molar-refractivity contribution is 6.76. The number of imidazole rings is 1. The molecule has 1 aromatic carbocycles. The van der Waals surface area contributed by atoms with E-state index in [1.54, 1.807) is 20.5 Å². The molecule has 0 aliphatic carbocycles. The molecule has 2 heterocycles. The zero-order chi connectivity index (χ0) is 19.4. The van der Waals surface area contributed by atoms with Crippen molar-refractivity contribution in [1.29, 1.82) is 0 Å². The van der Waals surface area contributed by atoms with Gasteiger partial charge in [0.2, 0.25) is 0 Å². The fraction of sp³-hybridized carbons (Fsp3) is 0.400. The van der Waals surface area contributed by atoms with E-state index in [2.05, 4.69) is 29.6 Å². The van der Waals surface area contributed by atoms with Crippen molar-refractivity contribution < 1.29 is 14.2 Å². The van der Waals surface area contributed by atoms with Gasteiger partial charge in [-0.2, -0.15) is 0 Å². The molecular formula is C20H27N3O3Si. The van der Waals surface area contributed by atoms with Gasteiger partial charge in [0.25, 0.3) is 0 Å². The van der Waals surface area contributed by atoms with Crippen LogP contribution in [0.5, 0.6) is 11.5 Å². The van der Waals surface area contributed by atoms with Crippen molar-refractivity contribution in [3.63, 3.8) is 0 Å². The van der Waals surface area contributed by atoms with E-state index in [-0.39, 0.29) is 0 Å². The number of benzene rings is 1. The largest absolute Gasteiger partial charge is 0.493 e. The second-order valence-electron chi connectivity index (χ2n) is 7.69. The minimum atomic E-state index is -1.07. The molecule has 0 radical (unpaired) electrons. The van der Waals surface area contributed by atoms with Gasteiger partial charge in [0.15, 0.2) is 11.5 Å². The predicted molar refractivity (Wildman–Crippen MR) is 110 cm³/mol. The monoisotopic (exact) mass is 385 g/mol. The Morgan fingerprint density at radius 2 is 1.78 bits per heavy atom. The van der Waals surface area contributed by atoms with Crippen LogP contribution in [0.1, 0.15) is 0 Å². The Bertz CT molecular complexity index is 918. The van der Waals surface area contributed by atoms with Crippen molar-refractivity contribution in [2.45, 2.75) is 32.4 Å². The van der Waals surface area contributed by atoms with Gasteiger partial charge in [-0.05, 0) is 30.3 Å². The quantitative estimate of drug-likeness (QED) is 0.424. The molecule has 0 unspecified atom stereocenters. The lowest BCUT2D eigenvalue weighted by molar-refractivity contribution is 0.0898. The predicted octanol–water partition coefficient (Wildman–Crippen LogP) is 4.43. The number of pyridine rings is 1. The molecule has 0 aliphatic rings. The van der Waals surface area contributed by atoms with Crippen LogP contribution in [0, 0.1) is 0 Å². The van der Waals surface area contributed by atoms with Crippen LogP contribution in [0.3, 0.4) is 0 Å². The summed E-state index contributed by atoms with van der Waals surface area (Å²) in [6.07, 6.45) is 3.65. The van der Waals surface area contributed by atoms with Gasteiger partial charge in [-0.25, -0.2) is 4.98 Å². The van der Waals surface area contributed by atoms with E-state index in [1.807, 2.05) is 35.0 Å². The number of hydrogen-bond donors (Lipinski definition) is 0. The van der Waals surface area contributed by atoms with Gasteiger partial charge < -0.3 is 18.8 Å². The molecule has 0 aliphatic heterocycles. The molecule has 0 amide bonds. The van der Waals surface area contributed by atoms with Crippen LogP contribution in [0.2, 0.25) is 25.7 Å². The highest BCUT2D eigenvalue weighted by Crippen LogP contribution is 2.32. The lowest BCUT2D eigenvalue weighted by Gasteiger charge is -2.15. The molecule has 3 rings (SSSR count). The average Bonchev–Trinajstić information content (AvgIpc) is 3.06. The smallest absolute Gasteiger partial charge is 0.161 e. The van der Waals surface area contributed by atoms with Crippen molar-refractivity contribution in [3.8, 4) is 22.8 Å². The molecule has 0 spiro atoms. The molecular weight excluding hydrogens is 358 g/mol.